The van der Waals surface area contributed by atoms with Crippen LogP contribution in [0.1, 0.15) is 11.1 Å². The first-order chi connectivity index (χ1) is 8.59. The molecule has 2 rings (SSSR count). The number of hydrogen-bond acceptors (Lipinski definition) is 0. The van der Waals surface area contributed by atoms with Crippen LogP contribution in [0.5, 0.6) is 0 Å². The van der Waals surface area contributed by atoms with Crippen molar-refractivity contribution in [3.05, 3.63) is 65.7 Å². The zero-order valence-corrected chi connectivity index (χ0v) is 12.6. The summed E-state index contributed by atoms with van der Waals surface area (Å²) in [5, 5.41) is 1.57. The first-order valence-corrected chi connectivity index (χ1v) is 9.90. The van der Waals surface area contributed by atoms with E-state index >= 15 is 0 Å². The SMILES string of the molecule is Cc1ccccc1CC[Si](C)(C)c1ccccc1. The molecule has 0 radical (unpaired) electrons. The lowest BCUT2D eigenvalue weighted by Crippen LogP contribution is -2.41. The maximum atomic E-state index is 2.47. The highest BCUT2D eigenvalue weighted by Crippen LogP contribution is 2.16. The molecule has 0 aliphatic carbocycles. The Hall–Kier alpha value is -1.34. The molecule has 0 aliphatic heterocycles. The number of rotatable bonds is 4. The zero-order valence-electron chi connectivity index (χ0n) is 11.6. The quantitative estimate of drug-likeness (QED) is 0.719. The molecule has 0 atom stereocenters. The summed E-state index contributed by atoms with van der Waals surface area (Å²) < 4.78 is 0. The first-order valence-electron chi connectivity index (χ1n) is 6.70. The smallest absolute Gasteiger partial charge is 0.0654 e. The van der Waals surface area contributed by atoms with Crippen LogP contribution in [-0.2, 0) is 6.42 Å². The van der Waals surface area contributed by atoms with Crippen molar-refractivity contribution in [1.82, 2.24) is 0 Å². The van der Waals surface area contributed by atoms with Crippen LogP contribution in [0.2, 0.25) is 19.1 Å². The molecular weight excluding hydrogens is 232 g/mol. The van der Waals surface area contributed by atoms with Gasteiger partial charge >= 0.3 is 0 Å². The predicted octanol–water partition coefficient (Wildman–Crippen LogP) is 4.15. The molecule has 0 amide bonds. The normalized spacial score (nSPS) is 11.5. The molecule has 94 valence electrons. The van der Waals surface area contributed by atoms with Crippen LogP contribution >= 0.6 is 0 Å². The van der Waals surface area contributed by atoms with E-state index in [0.29, 0.717) is 0 Å². The Bertz CT molecular complexity index is 500. The Balaban J connectivity index is 2.08. The molecule has 0 nitrogen and oxygen atoms in total. The third-order valence-corrected chi connectivity index (χ3v) is 7.23. The second-order valence-corrected chi connectivity index (χ2v) is 10.5. The molecule has 0 unspecified atom stereocenters. The first kappa shape index (κ1) is 13.1. The van der Waals surface area contributed by atoms with Gasteiger partial charge in [-0.05, 0) is 30.5 Å². The van der Waals surface area contributed by atoms with E-state index in [9.17, 15) is 0 Å². The highest BCUT2D eigenvalue weighted by atomic mass is 28.3. The van der Waals surface area contributed by atoms with Gasteiger partial charge in [0.2, 0.25) is 0 Å². The van der Waals surface area contributed by atoms with Crippen molar-refractivity contribution in [2.45, 2.75) is 32.5 Å². The Morgan fingerprint density at radius 2 is 1.44 bits per heavy atom. The Labute approximate surface area is 112 Å². The van der Waals surface area contributed by atoms with Crippen LogP contribution in [0.3, 0.4) is 0 Å². The van der Waals surface area contributed by atoms with Gasteiger partial charge in [-0.15, -0.1) is 0 Å². The molecule has 0 saturated carbocycles. The fourth-order valence-corrected chi connectivity index (χ4v) is 4.65. The van der Waals surface area contributed by atoms with E-state index in [2.05, 4.69) is 74.6 Å². The molecule has 0 saturated heterocycles. The summed E-state index contributed by atoms with van der Waals surface area (Å²) in [6.07, 6.45) is 1.21. The molecule has 2 aromatic carbocycles. The molecular formula is C17H22Si. The van der Waals surface area contributed by atoms with Crippen molar-refractivity contribution in [1.29, 1.82) is 0 Å². The molecule has 1 heteroatoms. The number of aryl methyl sites for hydroxylation is 2. The highest BCUT2D eigenvalue weighted by molar-refractivity contribution is 6.89. The summed E-state index contributed by atoms with van der Waals surface area (Å²) in [5.41, 5.74) is 2.93. The average Bonchev–Trinajstić information content (AvgIpc) is 2.39. The van der Waals surface area contributed by atoms with Crippen molar-refractivity contribution in [2.24, 2.45) is 0 Å². The van der Waals surface area contributed by atoms with Crippen molar-refractivity contribution in [3.63, 3.8) is 0 Å². The molecule has 0 aromatic heterocycles. The molecule has 0 aliphatic rings. The van der Waals surface area contributed by atoms with Gasteiger partial charge in [0.05, 0.1) is 8.07 Å². The van der Waals surface area contributed by atoms with E-state index in [1.807, 2.05) is 0 Å². The summed E-state index contributed by atoms with van der Waals surface area (Å²) in [4.78, 5) is 0. The Morgan fingerprint density at radius 1 is 0.833 bits per heavy atom. The fourth-order valence-electron chi connectivity index (χ4n) is 2.37. The van der Waals surface area contributed by atoms with Gasteiger partial charge < -0.3 is 0 Å². The zero-order chi connectivity index (χ0) is 13.0. The second-order valence-electron chi connectivity index (χ2n) is 5.68. The molecule has 0 heterocycles. The lowest BCUT2D eigenvalue weighted by molar-refractivity contribution is 1.08. The minimum atomic E-state index is -1.29. The second kappa shape index (κ2) is 5.53. The van der Waals surface area contributed by atoms with E-state index in [0.717, 1.165) is 0 Å². The van der Waals surface area contributed by atoms with Gasteiger partial charge in [0.15, 0.2) is 0 Å². The summed E-state index contributed by atoms with van der Waals surface area (Å²) in [6, 6.07) is 21.1. The molecule has 0 N–H and O–H groups in total. The van der Waals surface area contributed by atoms with Gasteiger partial charge in [0.25, 0.3) is 0 Å². The third kappa shape index (κ3) is 3.11. The largest absolute Gasteiger partial charge is 0.0809 e. The van der Waals surface area contributed by atoms with E-state index in [1.165, 1.54) is 23.6 Å². The Morgan fingerprint density at radius 3 is 2.11 bits per heavy atom. The molecule has 2 aromatic rings. The van der Waals surface area contributed by atoms with Crippen molar-refractivity contribution < 1.29 is 0 Å². The summed E-state index contributed by atoms with van der Waals surface area (Å²) >= 11 is 0. The van der Waals surface area contributed by atoms with Crippen LogP contribution in [0.25, 0.3) is 0 Å². The lowest BCUT2D eigenvalue weighted by atomic mass is 10.1. The molecule has 18 heavy (non-hydrogen) atoms. The summed E-state index contributed by atoms with van der Waals surface area (Å²) in [5.74, 6) is 0. The molecule has 0 spiro atoms. The lowest BCUT2D eigenvalue weighted by Gasteiger charge is -2.23. The minimum Gasteiger partial charge on any atom is -0.0654 e. The van der Waals surface area contributed by atoms with Crippen LogP contribution in [0, 0.1) is 6.92 Å². The standard InChI is InChI=1S/C17H22Si/c1-15-9-7-8-10-16(15)13-14-18(2,3)17-11-5-4-6-12-17/h4-12H,13-14H2,1-3H3. The van der Waals surface area contributed by atoms with Gasteiger partial charge in [-0.1, -0.05) is 72.9 Å². The highest BCUT2D eigenvalue weighted by Gasteiger charge is 2.22. The van der Waals surface area contributed by atoms with Crippen molar-refractivity contribution in [3.8, 4) is 0 Å². The van der Waals surface area contributed by atoms with Gasteiger partial charge in [-0.25, -0.2) is 0 Å². The van der Waals surface area contributed by atoms with Gasteiger partial charge in [0.1, 0.15) is 0 Å². The van der Waals surface area contributed by atoms with Crippen LogP contribution in [0.4, 0.5) is 0 Å². The minimum absolute atomic E-state index is 1.21. The van der Waals surface area contributed by atoms with Gasteiger partial charge in [-0.2, -0.15) is 0 Å². The average molecular weight is 254 g/mol. The van der Waals surface area contributed by atoms with Crippen LogP contribution in [0.15, 0.2) is 54.6 Å². The predicted molar refractivity (Wildman–Crippen MR) is 83.2 cm³/mol. The molecule has 0 fully saturated rings. The van der Waals surface area contributed by atoms with E-state index in [4.69, 9.17) is 0 Å². The van der Waals surface area contributed by atoms with Gasteiger partial charge in [0, 0.05) is 0 Å². The van der Waals surface area contributed by atoms with Gasteiger partial charge in [-0.3, -0.25) is 0 Å². The number of hydrogen-bond donors (Lipinski definition) is 0. The Kier molecular flexibility index (Phi) is 4.03. The maximum absolute atomic E-state index is 2.47. The summed E-state index contributed by atoms with van der Waals surface area (Å²) in [7, 11) is -1.29. The van der Waals surface area contributed by atoms with E-state index in [-0.39, 0.29) is 0 Å². The maximum Gasteiger partial charge on any atom is 0.0809 e. The fraction of sp³-hybridized carbons (Fsp3) is 0.294. The topological polar surface area (TPSA) is 0 Å². The van der Waals surface area contributed by atoms with Crippen LogP contribution < -0.4 is 5.19 Å². The number of benzene rings is 2. The monoisotopic (exact) mass is 254 g/mol. The van der Waals surface area contributed by atoms with Crippen molar-refractivity contribution >= 4 is 13.3 Å². The third-order valence-electron chi connectivity index (χ3n) is 3.84. The van der Waals surface area contributed by atoms with E-state index in [1.54, 1.807) is 5.19 Å². The molecule has 0 bridgehead atoms. The van der Waals surface area contributed by atoms with E-state index < -0.39 is 8.07 Å². The van der Waals surface area contributed by atoms with Crippen LogP contribution in [-0.4, -0.2) is 8.07 Å². The van der Waals surface area contributed by atoms with Crippen molar-refractivity contribution in [2.75, 3.05) is 0 Å². The summed E-state index contributed by atoms with van der Waals surface area (Å²) in [6.45, 7) is 7.16.